The molecule has 1 aromatic heterocycles. The van der Waals surface area contributed by atoms with Crippen LogP contribution in [-0.4, -0.2) is 52.0 Å². The Hall–Kier alpha value is -3.75. The molecule has 2 atom stereocenters. The van der Waals surface area contributed by atoms with E-state index in [0.717, 1.165) is 4.90 Å². The molecule has 2 aromatic rings. The second kappa shape index (κ2) is 9.01. The molecular weight excluding hydrogens is 426 g/mol. The number of ketones is 2. The van der Waals surface area contributed by atoms with Crippen molar-refractivity contribution in [2.24, 2.45) is 0 Å². The van der Waals surface area contributed by atoms with E-state index in [9.17, 15) is 24.0 Å². The average molecular weight is 453 g/mol. The summed E-state index contributed by atoms with van der Waals surface area (Å²) in [6, 6.07) is 8.09. The first kappa shape index (κ1) is 23.9. The zero-order valence-electron chi connectivity index (χ0n) is 19.3. The van der Waals surface area contributed by atoms with E-state index in [0.29, 0.717) is 28.8 Å². The van der Waals surface area contributed by atoms with Gasteiger partial charge in [-0.15, -0.1) is 0 Å². The summed E-state index contributed by atoms with van der Waals surface area (Å²) in [6.07, 6.45) is -0.883. The quantitative estimate of drug-likeness (QED) is 0.360. The summed E-state index contributed by atoms with van der Waals surface area (Å²) in [4.78, 5) is 66.5. The van der Waals surface area contributed by atoms with Crippen LogP contribution in [0.15, 0.2) is 30.3 Å². The summed E-state index contributed by atoms with van der Waals surface area (Å²) in [5.74, 6) is -2.15. The van der Waals surface area contributed by atoms with Crippen LogP contribution in [0.5, 0.6) is 0 Å². The first-order chi connectivity index (χ1) is 15.5. The molecule has 0 radical (unpaired) electrons. The number of hydrogen-bond donors (Lipinski definition) is 2. The molecule has 1 fully saturated rings. The molecule has 1 aliphatic heterocycles. The van der Waals surface area contributed by atoms with Gasteiger partial charge in [-0.2, -0.15) is 0 Å². The Morgan fingerprint density at radius 3 is 2.30 bits per heavy atom. The van der Waals surface area contributed by atoms with Gasteiger partial charge in [0.15, 0.2) is 11.9 Å². The number of ether oxygens (including phenoxy) is 1. The molecule has 3 amide bonds. The highest BCUT2D eigenvalue weighted by Gasteiger charge is 2.51. The van der Waals surface area contributed by atoms with Gasteiger partial charge in [-0.3, -0.25) is 24.1 Å². The van der Waals surface area contributed by atoms with Crippen molar-refractivity contribution < 1.29 is 28.7 Å². The summed E-state index contributed by atoms with van der Waals surface area (Å²) in [5.41, 5.74) is 0.997. The Balaban J connectivity index is 1.72. The number of aromatic amines is 1. The molecule has 2 heterocycles. The fourth-order valence-corrected chi connectivity index (χ4v) is 4.28. The lowest BCUT2D eigenvalue weighted by molar-refractivity contribution is -0.150. The van der Waals surface area contributed by atoms with Gasteiger partial charge in [0.2, 0.25) is 5.78 Å². The van der Waals surface area contributed by atoms with Gasteiger partial charge in [-0.1, -0.05) is 37.3 Å². The van der Waals surface area contributed by atoms with Crippen molar-refractivity contribution >= 4 is 29.5 Å². The molecule has 0 spiro atoms. The van der Waals surface area contributed by atoms with Crippen LogP contribution in [0.1, 0.15) is 64.9 Å². The van der Waals surface area contributed by atoms with Crippen LogP contribution < -0.4 is 5.32 Å². The van der Waals surface area contributed by atoms with E-state index >= 15 is 0 Å². The average Bonchev–Trinajstić information content (AvgIpc) is 3.21. The van der Waals surface area contributed by atoms with Crippen molar-refractivity contribution in [2.45, 2.75) is 52.7 Å². The van der Waals surface area contributed by atoms with E-state index in [1.54, 1.807) is 51.1 Å². The summed E-state index contributed by atoms with van der Waals surface area (Å²) in [5, 5.41) is 2.69. The largest absolute Gasteiger partial charge is 0.453 e. The van der Waals surface area contributed by atoms with Crippen LogP contribution in [0.2, 0.25) is 0 Å². The summed E-state index contributed by atoms with van der Waals surface area (Å²) in [6.45, 7) is 7.27. The lowest BCUT2D eigenvalue weighted by Crippen LogP contribution is -2.44. The Morgan fingerprint density at radius 2 is 1.76 bits per heavy atom. The first-order valence-electron chi connectivity index (χ1n) is 10.7. The van der Waals surface area contributed by atoms with Crippen LogP contribution in [-0.2, 0) is 19.9 Å². The minimum Gasteiger partial charge on any atom is -0.453 e. The van der Waals surface area contributed by atoms with Crippen LogP contribution in [0.25, 0.3) is 0 Å². The molecule has 1 aliphatic rings. The number of nitrogens with one attached hydrogen (secondary N) is 2. The fourth-order valence-electron chi connectivity index (χ4n) is 4.28. The molecule has 9 heteroatoms. The van der Waals surface area contributed by atoms with Crippen LogP contribution >= 0.6 is 0 Å². The van der Waals surface area contributed by atoms with Gasteiger partial charge >= 0.3 is 12.0 Å². The molecule has 9 nitrogen and oxygen atoms in total. The number of esters is 1. The number of imide groups is 1. The Kier molecular flexibility index (Phi) is 6.53. The Bertz CT molecular complexity index is 1140. The maximum Gasteiger partial charge on any atom is 0.326 e. The van der Waals surface area contributed by atoms with Gasteiger partial charge in [0.1, 0.15) is 12.1 Å². The van der Waals surface area contributed by atoms with E-state index in [1.807, 2.05) is 0 Å². The van der Waals surface area contributed by atoms with Crippen molar-refractivity contribution in [3.8, 4) is 0 Å². The Labute approximate surface area is 191 Å². The molecule has 0 saturated carbocycles. The number of rotatable bonds is 8. The highest BCUT2D eigenvalue weighted by atomic mass is 16.5. The van der Waals surface area contributed by atoms with E-state index in [1.165, 1.54) is 13.8 Å². The van der Waals surface area contributed by atoms with Crippen LogP contribution in [0.4, 0.5) is 4.79 Å². The summed E-state index contributed by atoms with van der Waals surface area (Å²) in [7, 11) is 0. The van der Waals surface area contributed by atoms with E-state index in [2.05, 4.69) is 10.3 Å². The predicted molar refractivity (Wildman–Crippen MR) is 119 cm³/mol. The summed E-state index contributed by atoms with van der Waals surface area (Å²) >= 11 is 0. The number of H-pyrrole nitrogens is 1. The molecule has 2 unspecified atom stereocenters. The highest BCUT2D eigenvalue weighted by molar-refractivity contribution is 6.09. The van der Waals surface area contributed by atoms with Gasteiger partial charge in [0.05, 0.1) is 5.69 Å². The van der Waals surface area contributed by atoms with Gasteiger partial charge in [-0.25, -0.2) is 4.79 Å². The van der Waals surface area contributed by atoms with Gasteiger partial charge in [-0.05, 0) is 45.2 Å². The van der Waals surface area contributed by atoms with Crippen molar-refractivity contribution in [3.05, 3.63) is 58.4 Å². The monoisotopic (exact) mass is 453 g/mol. The number of nitrogens with zero attached hydrogens (tertiary/aromatic N) is 1. The first-order valence-corrected chi connectivity index (χ1v) is 10.7. The van der Waals surface area contributed by atoms with Crippen molar-refractivity contribution in [1.82, 2.24) is 15.2 Å². The normalized spacial score (nSPS) is 18.8. The van der Waals surface area contributed by atoms with Crippen LogP contribution in [0, 0.1) is 13.8 Å². The van der Waals surface area contributed by atoms with Crippen molar-refractivity contribution in [3.63, 3.8) is 0 Å². The molecule has 174 valence electrons. The number of hydrogen-bond acceptors (Lipinski definition) is 6. The third-order valence-electron chi connectivity index (χ3n) is 5.97. The molecule has 2 N–H and O–H groups in total. The highest BCUT2D eigenvalue weighted by Crippen LogP contribution is 2.32. The van der Waals surface area contributed by atoms with Gasteiger partial charge in [0.25, 0.3) is 5.91 Å². The predicted octanol–water partition coefficient (Wildman–Crippen LogP) is 2.81. The number of carbonyl (C=O) groups excluding carboxylic acids is 5. The molecule has 0 aliphatic carbocycles. The number of carbonyl (C=O) groups is 5. The van der Waals surface area contributed by atoms with E-state index in [-0.39, 0.29) is 11.5 Å². The zero-order chi connectivity index (χ0) is 24.5. The molecule has 3 rings (SSSR count). The number of Topliss-reactive ketones (excluding diaryl/α,β-unsaturated/α-hetero) is 2. The standard InChI is InChI=1S/C24H27N3O6/c1-6-24(17-10-8-7-9-11-17)22(31)27(23(32)26-24)12-18(29)33-16(5)21(30)20-13(2)19(15(4)28)14(3)25-20/h7-11,16,25H,6,12H2,1-5H3,(H,26,32). The second-order valence-corrected chi connectivity index (χ2v) is 8.12. The molecule has 1 aromatic carbocycles. The maximum absolute atomic E-state index is 13.1. The SMILES string of the molecule is CCC1(c2ccccc2)NC(=O)N(CC(=O)OC(C)C(=O)c2[nH]c(C)c(C(C)=O)c2C)C1=O. The van der Waals surface area contributed by atoms with Crippen molar-refractivity contribution in [1.29, 1.82) is 0 Å². The molecular formula is C24H27N3O6. The maximum atomic E-state index is 13.1. The number of benzene rings is 1. The summed E-state index contributed by atoms with van der Waals surface area (Å²) < 4.78 is 5.23. The zero-order valence-corrected chi connectivity index (χ0v) is 19.3. The third-order valence-corrected chi connectivity index (χ3v) is 5.97. The van der Waals surface area contributed by atoms with Gasteiger partial charge in [0, 0.05) is 11.3 Å². The number of amides is 3. The van der Waals surface area contributed by atoms with Gasteiger partial charge < -0.3 is 15.0 Å². The number of aromatic nitrogens is 1. The Morgan fingerprint density at radius 1 is 1.12 bits per heavy atom. The number of aryl methyl sites for hydroxylation is 1. The molecule has 33 heavy (non-hydrogen) atoms. The van der Waals surface area contributed by atoms with Crippen molar-refractivity contribution in [2.75, 3.05) is 6.54 Å². The third kappa shape index (κ3) is 4.18. The molecule has 0 bridgehead atoms. The van der Waals surface area contributed by atoms with Crippen LogP contribution in [0.3, 0.4) is 0 Å². The smallest absolute Gasteiger partial charge is 0.326 e. The minimum absolute atomic E-state index is 0.179. The fraction of sp³-hybridized carbons (Fsp3) is 0.375. The number of urea groups is 1. The van der Waals surface area contributed by atoms with E-state index in [4.69, 9.17) is 4.74 Å². The second-order valence-electron chi connectivity index (χ2n) is 8.12. The topological polar surface area (TPSA) is 126 Å². The lowest BCUT2D eigenvalue weighted by atomic mass is 9.87. The lowest BCUT2D eigenvalue weighted by Gasteiger charge is -2.25. The van der Waals surface area contributed by atoms with E-state index < -0.39 is 41.9 Å². The molecule has 1 saturated heterocycles. The minimum atomic E-state index is -1.26.